The molecule has 0 radical (unpaired) electrons. The number of nitrogens with zero attached hydrogens (tertiary/aromatic N) is 1. The van der Waals surface area contributed by atoms with E-state index < -0.39 is 23.5 Å². The Morgan fingerprint density at radius 1 is 0.967 bits per heavy atom. The van der Waals surface area contributed by atoms with Crippen LogP contribution in [0, 0.1) is 5.82 Å². The maximum Gasteiger partial charge on any atom is 0.295 e. The summed E-state index contributed by atoms with van der Waals surface area (Å²) in [5, 5.41) is 10.9. The van der Waals surface area contributed by atoms with Crippen molar-refractivity contribution in [3.8, 4) is 0 Å². The van der Waals surface area contributed by atoms with Crippen LogP contribution >= 0.6 is 15.9 Å². The topological polar surface area (TPSA) is 57.6 Å². The first-order valence-electron chi connectivity index (χ1n) is 9.29. The first-order valence-corrected chi connectivity index (χ1v) is 10.1. The number of hydrogen-bond acceptors (Lipinski definition) is 3. The Kier molecular flexibility index (Phi) is 5.50. The van der Waals surface area contributed by atoms with Crippen LogP contribution in [-0.4, -0.2) is 21.7 Å². The minimum absolute atomic E-state index is 0.0133. The normalized spacial score (nSPS) is 18.1. The van der Waals surface area contributed by atoms with Gasteiger partial charge >= 0.3 is 0 Å². The van der Waals surface area contributed by atoms with E-state index >= 15 is 0 Å². The van der Waals surface area contributed by atoms with Gasteiger partial charge in [0.25, 0.3) is 11.7 Å². The molecule has 1 N–H and O–H groups in total. The Bertz CT molecular complexity index is 1140. The first-order chi connectivity index (χ1) is 14.5. The van der Waals surface area contributed by atoms with Gasteiger partial charge in [-0.15, -0.1) is 0 Å². The van der Waals surface area contributed by atoms with Crippen LogP contribution in [0.25, 0.3) is 5.76 Å². The smallest absolute Gasteiger partial charge is 0.295 e. The molecule has 3 aromatic carbocycles. The van der Waals surface area contributed by atoms with E-state index in [1.165, 1.54) is 29.2 Å². The quantitative estimate of drug-likeness (QED) is 0.326. The van der Waals surface area contributed by atoms with Crippen molar-refractivity contribution in [2.24, 2.45) is 0 Å². The molecule has 1 aliphatic rings. The predicted molar refractivity (Wildman–Crippen MR) is 115 cm³/mol. The van der Waals surface area contributed by atoms with E-state index in [1.54, 1.807) is 12.1 Å². The fourth-order valence-corrected chi connectivity index (χ4v) is 4.03. The molecule has 0 saturated carbocycles. The van der Waals surface area contributed by atoms with Crippen LogP contribution in [0.4, 0.5) is 4.39 Å². The summed E-state index contributed by atoms with van der Waals surface area (Å²) in [6.07, 6.45) is 0. The highest BCUT2D eigenvalue weighted by Gasteiger charge is 2.46. The van der Waals surface area contributed by atoms with Crippen molar-refractivity contribution in [2.45, 2.75) is 12.6 Å². The summed E-state index contributed by atoms with van der Waals surface area (Å²) in [7, 11) is 0. The molecule has 4 nitrogen and oxygen atoms in total. The molecule has 1 atom stereocenters. The van der Waals surface area contributed by atoms with Gasteiger partial charge in [-0.1, -0.05) is 58.4 Å². The highest BCUT2D eigenvalue weighted by molar-refractivity contribution is 9.10. The van der Waals surface area contributed by atoms with Crippen LogP contribution < -0.4 is 0 Å². The largest absolute Gasteiger partial charge is 0.507 e. The summed E-state index contributed by atoms with van der Waals surface area (Å²) < 4.78 is 14.1. The molecule has 30 heavy (non-hydrogen) atoms. The van der Waals surface area contributed by atoms with Crippen LogP contribution in [-0.2, 0) is 16.1 Å². The molecule has 0 aliphatic carbocycles. The Morgan fingerprint density at radius 3 is 2.33 bits per heavy atom. The summed E-state index contributed by atoms with van der Waals surface area (Å²) in [5.41, 5.74) is 1.80. The number of rotatable bonds is 4. The summed E-state index contributed by atoms with van der Waals surface area (Å²) in [6.45, 7) is 0.211. The lowest BCUT2D eigenvalue weighted by Gasteiger charge is -2.25. The number of amides is 1. The van der Waals surface area contributed by atoms with Crippen molar-refractivity contribution in [2.75, 3.05) is 0 Å². The average Bonchev–Trinajstić information content (AvgIpc) is 2.99. The third-order valence-electron chi connectivity index (χ3n) is 5.02. The summed E-state index contributed by atoms with van der Waals surface area (Å²) in [4.78, 5) is 27.4. The SMILES string of the molecule is O=C1C(=O)N(Cc2ccccc2)C(c2cccc(Br)c2)/C1=C(\O)c1ccc(F)cc1. The number of carbonyl (C=O) groups is 2. The Balaban J connectivity index is 1.87. The second-order valence-corrected chi connectivity index (χ2v) is 7.89. The lowest BCUT2D eigenvalue weighted by Crippen LogP contribution is -2.29. The molecule has 1 unspecified atom stereocenters. The summed E-state index contributed by atoms with van der Waals surface area (Å²) in [5.74, 6) is -2.24. The van der Waals surface area contributed by atoms with Crippen molar-refractivity contribution in [3.05, 3.63) is 111 Å². The zero-order valence-corrected chi connectivity index (χ0v) is 17.3. The third kappa shape index (κ3) is 3.78. The van der Waals surface area contributed by atoms with Crippen LogP contribution in [0.5, 0.6) is 0 Å². The van der Waals surface area contributed by atoms with Gasteiger partial charge in [0.1, 0.15) is 11.6 Å². The summed E-state index contributed by atoms with van der Waals surface area (Å²) >= 11 is 3.43. The predicted octanol–water partition coefficient (Wildman–Crippen LogP) is 5.21. The van der Waals surface area contributed by atoms with E-state index in [4.69, 9.17) is 0 Å². The monoisotopic (exact) mass is 465 g/mol. The Labute approximate surface area is 181 Å². The van der Waals surface area contributed by atoms with Crippen molar-refractivity contribution in [1.29, 1.82) is 0 Å². The molecule has 1 fully saturated rings. The Morgan fingerprint density at radius 2 is 1.67 bits per heavy atom. The maximum atomic E-state index is 13.3. The lowest BCUT2D eigenvalue weighted by atomic mass is 9.95. The minimum Gasteiger partial charge on any atom is -0.507 e. The van der Waals surface area contributed by atoms with E-state index in [0.29, 0.717) is 5.56 Å². The van der Waals surface area contributed by atoms with E-state index in [1.807, 2.05) is 42.5 Å². The molecular weight excluding hydrogens is 449 g/mol. The maximum absolute atomic E-state index is 13.3. The molecule has 1 saturated heterocycles. The molecule has 150 valence electrons. The number of likely N-dealkylation sites (tertiary alicyclic amines) is 1. The van der Waals surface area contributed by atoms with E-state index in [0.717, 1.165) is 10.0 Å². The molecule has 1 amide bonds. The highest BCUT2D eigenvalue weighted by Crippen LogP contribution is 2.40. The van der Waals surface area contributed by atoms with Gasteiger partial charge in [-0.3, -0.25) is 9.59 Å². The third-order valence-corrected chi connectivity index (χ3v) is 5.51. The molecular formula is C24H17BrFNO3. The van der Waals surface area contributed by atoms with Gasteiger partial charge in [-0.05, 0) is 47.5 Å². The summed E-state index contributed by atoms with van der Waals surface area (Å²) in [6, 6.07) is 21.0. The molecule has 4 rings (SSSR count). The average molecular weight is 466 g/mol. The minimum atomic E-state index is -0.771. The highest BCUT2D eigenvalue weighted by atomic mass is 79.9. The van der Waals surface area contributed by atoms with Crippen LogP contribution in [0.3, 0.4) is 0 Å². The Hall–Kier alpha value is -3.25. The zero-order valence-electron chi connectivity index (χ0n) is 15.8. The van der Waals surface area contributed by atoms with E-state index in [9.17, 15) is 19.1 Å². The number of aliphatic hydroxyl groups excluding tert-OH is 1. The second-order valence-electron chi connectivity index (χ2n) is 6.97. The fourth-order valence-electron chi connectivity index (χ4n) is 3.61. The molecule has 0 aromatic heterocycles. The zero-order chi connectivity index (χ0) is 21.3. The standard InChI is InChI=1S/C24H17BrFNO3/c25-18-8-4-7-17(13-18)21-20(22(28)16-9-11-19(26)12-10-16)23(29)24(30)27(21)14-15-5-2-1-3-6-15/h1-13,21,28H,14H2/b22-20+. The van der Waals surface area contributed by atoms with Gasteiger partial charge in [0.05, 0.1) is 11.6 Å². The molecule has 1 heterocycles. The van der Waals surface area contributed by atoms with E-state index in [2.05, 4.69) is 15.9 Å². The van der Waals surface area contributed by atoms with Gasteiger partial charge in [0.2, 0.25) is 0 Å². The molecule has 6 heteroatoms. The number of carbonyl (C=O) groups excluding carboxylic acids is 2. The van der Waals surface area contributed by atoms with Crippen molar-refractivity contribution >= 4 is 33.4 Å². The van der Waals surface area contributed by atoms with Gasteiger partial charge in [0, 0.05) is 16.6 Å². The van der Waals surface area contributed by atoms with Gasteiger partial charge in [0.15, 0.2) is 0 Å². The number of hydrogen-bond donors (Lipinski definition) is 1. The van der Waals surface area contributed by atoms with Gasteiger partial charge < -0.3 is 10.0 Å². The number of aliphatic hydroxyl groups is 1. The first kappa shape index (κ1) is 20.0. The van der Waals surface area contributed by atoms with Gasteiger partial charge in [-0.2, -0.15) is 0 Å². The number of benzene rings is 3. The van der Waals surface area contributed by atoms with Gasteiger partial charge in [-0.25, -0.2) is 4.39 Å². The molecule has 3 aromatic rings. The van der Waals surface area contributed by atoms with Crippen molar-refractivity contribution in [1.82, 2.24) is 4.90 Å². The van der Waals surface area contributed by atoms with E-state index in [-0.39, 0.29) is 23.4 Å². The molecule has 1 aliphatic heterocycles. The lowest BCUT2D eigenvalue weighted by molar-refractivity contribution is -0.140. The number of halogens is 2. The van der Waals surface area contributed by atoms with Crippen molar-refractivity contribution < 1.29 is 19.1 Å². The second kappa shape index (κ2) is 8.24. The van der Waals surface area contributed by atoms with Crippen LogP contribution in [0.1, 0.15) is 22.7 Å². The number of Topliss-reactive ketones (excluding diaryl/α,β-unsaturated/α-hetero) is 1. The van der Waals surface area contributed by atoms with Crippen LogP contribution in [0.2, 0.25) is 0 Å². The van der Waals surface area contributed by atoms with Crippen molar-refractivity contribution in [3.63, 3.8) is 0 Å². The molecule has 0 bridgehead atoms. The van der Waals surface area contributed by atoms with Crippen LogP contribution in [0.15, 0.2) is 88.9 Å². The number of ketones is 1. The fraction of sp³-hybridized carbons (Fsp3) is 0.0833. The molecule has 0 spiro atoms.